The van der Waals surface area contributed by atoms with Gasteiger partial charge in [-0.05, 0) is 24.6 Å². The topological polar surface area (TPSA) is 63.6 Å². The van der Waals surface area contributed by atoms with Gasteiger partial charge in [0.15, 0.2) is 0 Å². The van der Waals surface area contributed by atoms with E-state index in [1.54, 1.807) is 6.92 Å². The van der Waals surface area contributed by atoms with Crippen molar-refractivity contribution < 1.29 is 23.8 Å². The molecule has 0 heterocycles. The smallest absolute Gasteiger partial charge is 0.379 e. The lowest BCUT2D eigenvalue weighted by Gasteiger charge is -2.04. The third-order valence-corrected chi connectivity index (χ3v) is 1.92. The van der Waals surface area contributed by atoms with Gasteiger partial charge in [-0.3, -0.25) is 4.79 Å². The van der Waals surface area contributed by atoms with Gasteiger partial charge in [-0.15, -0.1) is 0 Å². The average Bonchev–Trinajstić information content (AvgIpc) is 2.29. The van der Waals surface area contributed by atoms with Crippen LogP contribution in [0.2, 0.25) is 0 Å². The summed E-state index contributed by atoms with van der Waals surface area (Å²) < 4.78 is 16.8. The number of ketones is 1. The van der Waals surface area contributed by atoms with Crippen molar-refractivity contribution in [2.24, 2.45) is 0 Å². The van der Waals surface area contributed by atoms with Crippen molar-refractivity contribution in [2.45, 2.75) is 13.6 Å². The van der Waals surface area contributed by atoms with Gasteiger partial charge in [0.05, 0.1) is 12.2 Å². The number of hydrogen-bond acceptors (Lipinski definition) is 4. The monoisotopic (exact) mass is 226 g/mol. The second kappa shape index (κ2) is 5.25. The van der Waals surface area contributed by atoms with Crippen LogP contribution in [0.1, 0.15) is 22.8 Å². The van der Waals surface area contributed by atoms with Gasteiger partial charge in [0, 0.05) is 0 Å². The van der Waals surface area contributed by atoms with Gasteiger partial charge in [-0.1, -0.05) is 6.07 Å². The Bertz CT molecular complexity index is 414. The number of esters is 1. The maximum absolute atomic E-state index is 12.3. The Morgan fingerprint density at radius 1 is 1.44 bits per heavy atom. The number of carbonyl (C=O) groups is 2. The largest absolute Gasteiger partial charge is 0.507 e. The fourth-order valence-corrected chi connectivity index (χ4v) is 1.15. The quantitative estimate of drug-likeness (QED) is 0.481. The van der Waals surface area contributed by atoms with Crippen molar-refractivity contribution in [3.8, 4) is 5.75 Å². The minimum absolute atomic E-state index is 0.0636. The van der Waals surface area contributed by atoms with Crippen molar-refractivity contribution >= 4 is 11.8 Å². The number of halogens is 1. The van der Waals surface area contributed by atoms with Gasteiger partial charge >= 0.3 is 5.97 Å². The number of phenolic OH excluding ortho intramolecular Hbond substituents is 1. The third-order valence-electron chi connectivity index (χ3n) is 1.92. The summed E-state index contributed by atoms with van der Waals surface area (Å²) in [5.41, 5.74) is -0.0287. The van der Waals surface area contributed by atoms with E-state index < -0.39 is 18.4 Å². The number of carbonyl (C=O) groups excluding carboxylic acids is 2. The Kier molecular flexibility index (Phi) is 3.99. The predicted molar refractivity (Wildman–Crippen MR) is 53.9 cm³/mol. The lowest BCUT2D eigenvalue weighted by atomic mass is 10.1. The summed E-state index contributed by atoms with van der Waals surface area (Å²) in [4.78, 5) is 22.6. The van der Waals surface area contributed by atoms with Crippen molar-refractivity contribution in [1.82, 2.24) is 0 Å². The second-order valence-corrected chi connectivity index (χ2v) is 3.03. The third kappa shape index (κ3) is 2.56. The molecule has 4 nitrogen and oxygen atoms in total. The molecule has 1 aromatic carbocycles. The van der Waals surface area contributed by atoms with Crippen LogP contribution < -0.4 is 0 Å². The molecule has 0 aliphatic rings. The van der Waals surface area contributed by atoms with Crippen molar-refractivity contribution in [1.29, 1.82) is 0 Å². The summed E-state index contributed by atoms with van der Waals surface area (Å²) in [5, 5.41) is 9.37. The summed E-state index contributed by atoms with van der Waals surface area (Å²) in [5.74, 6) is -2.40. The van der Waals surface area contributed by atoms with Crippen LogP contribution >= 0.6 is 0 Å². The molecule has 0 unspecified atom stereocenters. The zero-order chi connectivity index (χ0) is 12.1. The lowest BCUT2D eigenvalue weighted by Crippen LogP contribution is -2.17. The number of Topliss-reactive ketones (excluding diaryl/α,β-unsaturated/α-hetero) is 1. The highest BCUT2D eigenvalue weighted by molar-refractivity contribution is 6.41. The van der Waals surface area contributed by atoms with E-state index in [1.807, 2.05) is 0 Å². The predicted octanol–water partition coefficient (Wildman–Crippen LogP) is 1.61. The molecule has 1 rings (SSSR count). The Morgan fingerprint density at radius 2 is 2.12 bits per heavy atom. The summed E-state index contributed by atoms with van der Waals surface area (Å²) in [6.07, 6.45) is 0. The van der Waals surface area contributed by atoms with Crippen LogP contribution in [-0.2, 0) is 16.2 Å². The Hall–Kier alpha value is -1.91. The fraction of sp³-hybridized carbons (Fsp3) is 0.273. The number of ether oxygens (including phenoxy) is 1. The Balaban J connectivity index is 3.02. The molecule has 0 spiro atoms. The molecule has 0 radical (unpaired) electrons. The molecule has 0 bridgehead atoms. The van der Waals surface area contributed by atoms with E-state index in [4.69, 9.17) is 0 Å². The van der Waals surface area contributed by atoms with Crippen molar-refractivity contribution in [3.63, 3.8) is 0 Å². The summed E-state index contributed by atoms with van der Waals surface area (Å²) >= 11 is 0. The number of rotatable bonds is 4. The number of hydrogen-bond donors (Lipinski definition) is 1. The van der Waals surface area contributed by atoms with Gasteiger partial charge in [0.2, 0.25) is 0 Å². The summed E-state index contributed by atoms with van der Waals surface area (Å²) in [6.45, 7) is 0.848. The first kappa shape index (κ1) is 12.2. The van der Waals surface area contributed by atoms with Gasteiger partial charge in [-0.2, -0.15) is 0 Å². The highest BCUT2D eigenvalue weighted by atomic mass is 19.1. The van der Waals surface area contributed by atoms with E-state index in [-0.39, 0.29) is 23.5 Å². The minimum Gasteiger partial charge on any atom is -0.507 e. The van der Waals surface area contributed by atoms with E-state index in [2.05, 4.69) is 4.74 Å². The molecular formula is C11H11FO4. The first-order valence-corrected chi connectivity index (χ1v) is 4.69. The fourth-order valence-electron chi connectivity index (χ4n) is 1.15. The second-order valence-electron chi connectivity index (χ2n) is 3.03. The van der Waals surface area contributed by atoms with E-state index in [1.165, 1.54) is 12.1 Å². The van der Waals surface area contributed by atoms with E-state index in [0.717, 1.165) is 6.07 Å². The first-order chi connectivity index (χ1) is 7.60. The molecule has 0 fully saturated rings. The summed E-state index contributed by atoms with van der Waals surface area (Å²) in [6, 6.07) is 3.63. The van der Waals surface area contributed by atoms with Crippen LogP contribution in [0.3, 0.4) is 0 Å². The number of phenols is 1. The highest BCUT2D eigenvalue weighted by Gasteiger charge is 2.21. The van der Waals surface area contributed by atoms with Crippen LogP contribution in [0.4, 0.5) is 4.39 Å². The molecule has 0 aliphatic heterocycles. The van der Waals surface area contributed by atoms with Crippen LogP contribution in [0.25, 0.3) is 0 Å². The molecule has 0 atom stereocenters. The molecule has 1 aromatic rings. The molecule has 0 saturated carbocycles. The number of aromatic hydroxyl groups is 1. The van der Waals surface area contributed by atoms with Gasteiger partial charge in [-0.25, -0.2) is 9.18 Å². The highest BCUT2D eigenvalue weighted by Crippen LogP contribution is 2.20. The van der Waals surface area contributed by atoms with Crippen molar-refractivity contribution in [3.05, 3.63) is 29.3 Å². The normalized spacial score (nSPS) is 9.88. The standard InChI is InChI=1S/C11H11FO4/c1-2-16-11(15)10(14)8-5-7(6-12)3-4-9(8)13/h3-5,13H,2,6H2,1H3. The molecule has 16 heavy (non-hydrogen) atoms. The van der Waals surface area contributed by atoms with E-state index in [0.29, 0.717) is 0 Å². The lowest BCUT2D eigenvalue weighted by molar-refractivity contribution is -0.137. The first-order valence-electron chi connectivity index (χ1n) is 4.69. The number of benzene rings is 1. The summed E-state index contributed by atoms with van der Waals surface area (Å²) in [7, 11) is 0. The molecule has 5 heteroatoms. The average molecular weight is 226 g/mol. The maximum atomic E-state index is 12.3. The van der Waals surface area contributed by atoms with Gasteiger partial charge in [0.25, 0.3) is 5.78 Å². The molecule has 86 valence electrons. The van der Waals surface area contributed by atoms with Gasteiger partial charge in [0.1, 0.15) is 12.4 Å². The van der Waals surface area contributed by atoms with Crippen LogP contribution in [0, 0.1) is 0 Å². The van der Waals surface area contributed by atoms with Gasteiger partial charge < -0.3 is 9.84 Å². The molecule has 0 saturated heterocycles. The molecule has 0 aliphatic carbocycles. The Labute approximate surface area is 91.7 Å². The van der Waals surface area contributed by atoms with E-state index >= 15 is 0 Å². The van der Waals surface area contributed by atoms with Crippen LogP contribution in [0.15, 0.2) is 18.2 Å². The number of alkyl halides is 1. The van der Waals surface area contributed by atoms with Crippen LogP contribution in [-0.4, -0.2) is 23.5 Å². The molecule has 0 aromatic heterocycles. The van der Waals surface area contributed by atoms with Crippen LogP contribution in [0.5, 0.6) is 5.75 Å². The zero-order valence-corrected chi connectivity index (χ0v) is 8.70. The van der Waals surface area contributed by atoms with Crippen molar-refractivity contribution in [2.75, 3.05) is 6.61 Å². The minimum atomic E-state index is -1.06. The molecule has 1 N–H and O–H groups in total. The van der Waals surface area contributed by atoms with E-state index in [9.17, 15) is 19.1 Å². The maximum Gasteiger partial charge on any atom is 0.379 e. The molecular weight excluding hydrogens is 215 g/mol. The molecule has 0 amide bonds. The SMILES string of the molecule is CCOC(=O)C(=O)c1cc(CF)ccc1O. The zero-order valence-electron chi connectivity index (χ0n) is 8.70. The Morgan fingerprint density at radius 3 is 2.69 bits per heavy atom.